The van der Waals surface area contributed by atoms with Crippen LogP contribution in [0, 0.1) is 0 Å². The summed E-state index contributed by atoms with van der Waals surface area (Å²) in [6.45, 7) is 4.92. The van der Waals surface area contributed by atoms with Crippen LogP contribution in [0.4, 0.5) is 0 Å². The second-order valence-corrected chi connectivity index (χ2v) is 6.61. The number of hydrogen-bond donors (Lipinski definition) is 1. The number of piperazine rings is 1. The van der Waals surface area contributed by atoms with Crippen molar-refractivity contribution in [3.05, 3.63) is 29.8 Å². The first-order valence-corrected chi connectivity index (χ1v) is 9.29. The molecule has 2 aliphatic heterocycles. The minimum atomic E-state index is -0.385. The molecule has 2 heterocycles. The van der Waals surface area contributed by atoms with Crippen LogP contribution in [-0.2, 0) is 9.53 Å². The van der Waals surface area contributed by atoms with Gasteiger partial charge in [-0.3, -0.25) is 9.59 Å². The molecule has 7 nitrogen and oxygen atoms in total. The molecular formula is C19H27N3O4. The highest BCUT2D eigenvalue weighted by atomic mass is 16.5. The van der Waals surface area contributed by atoms with Gasteiger partial charge in [-0.05, 0) is 31.9 Å². The SMILES string of the molecule is CCOc1ccccc1C(=O)N1CCN(C(=O)[C@@H]2CC[C@H](CN)O2)CC1. The van der Waals surface area contributed by atoms with Crippen LogP contribution in [0.25, 0.3) is 0 Å². The summed E-state index contributed by atoms with van der Waals surface area (Å²) < 4.78 is 11.3. The summed E-state index contributed by atoms with van der Waals surface area (Å²) in [5.74, 6) is 0.565. The van der Waals surface area contributed by atoms with Crippen LogP contribution in [0.5, 0.6) is 5.75 Å². The van der Waals surface area contributed by atoms with Gasteiger partial charge in [0.2, 0.25) is 0 Å². The molecule has 7 heteroatoms. The number of nitrogens with two attached hydrogens (primary N) is 1. The maximum absolute atomic E-state index is 12.8. The fourth-order valence-corrected chi connectivity index (χ4v) is 3.49. The van der Waals surface area contributed by atoms with Gasteiger partial charge in [0, 0.05) is 32.7 Å². The van der Waals surface area contributed by atoms with E-state index in [1.54, 1.807) is 15.9 Å². The first-order valence-electron chi connectivity index (χ1n) is 9.29. The van der Waals surface area contributed by atoms with Crippen molar-refractivity contribution in [1.29, 1.82) is 0 Å². The molecule has 0 aromatic heterocycles. The monoisotopic (exact) mass is 361 g/mol. The van der Waals surface area contributed by atoms with E-state index in [0.717, 1.165) is 12.8 Å². The first kappa shape index (κ1) is 18.7. The van der Waals surface area contributed by atoms with Crippen LogP contribution < -0.4 is 10.5 Å². The lowest BCUT2D eigenvalue weighted by molar-refractivity contribution is -0.144. The Morgan fingerprint density at radius 3 is 2.50 bits per heavy atom. The number of amides is 2. The number of carbonyl (C=O) groups excluding carboxylic acids is 2. The molecule has 1 aromatic carbocycles. The van der Waals surface area contributed by atoms with Gasteiger partial charge in [0.1, 0.15) is 11.9 Å². The third-order valence-electron chi connectivity index (χ3n) is 4.94. The van der Waals surface area contributed by atoms with E-state index >= 15 is 0 Å². The van der Waals surface area contributed by atoms with E-state index in [0.29, 0.717) is 50.6 Å². The summed E-state index contributed by atoms with van der Waals surface area (Å²) in [6.07, 6.45) is 1.16. The van der Waals surface area contributed by atoms with Gasteiger partial charge in [-0.1, -0.05) is 12.1 Å². The van der Waals surface area contributed by atoms with E-state index in [-0.39, 0.29) is 24.0 Å². The number of nitrogens with zero attached hydrogens (tertiary/aromatic N) is 2. The Balaban J connectivity index is 1.57. The summed E-state index contributed by atoms with van der Waals surface area (Å²) in [6, 6.07) is 7.28. The van der Waals surface area contributed by atoms with Gasteiger partial charge < -0.3 is 25.0 Å². The zero-order valence-corrected chi connectivity index (χ0v) is 15.2. The van der Waals surface area contributed by atoms with Crippen LogP contribution >= 0.6 is 0 Å². The summed E-state index contributed by atoms with van der Waals surface area (Å²) in [7, 11) is 0. The average molecular weight is 361 g/mol. The van der Waals surface area contributed by atoms with Crippen molar-refractivity contribution >= 4 is 11.8 Å². The lowest BCUT2D eigenvalue weighted by atomic mass is 10.1. The lowest BCUT2D eigenvalue weighted by Crippen LogP contribution is -2.53. The van der Waals surface area contributed by atoms with Crippen molar-refractivity contribution in [2.75, 3.05) is 39.3 Å². The lowest BCUT2D eigenvalue weighted by Gasteiger charge is -2.36. The third kappa shape index (κ3) is 3.99. The van der Waals surface area contributed by atoms with Crippen LogP contribution in [-0.4, -0.2) is 73.2 Å². The maximum atomic E-state index is 12.8. The highest BCUT2D eigenvalue weighted by Crippen LogP contribution is 2.23. The molecule has 0 saturated carbocycles. The van der Waals surface area contributed by atoms with Crippen molar-refractivity contribution in [1.82, 2.24) is 9.80 Å². The molecule has 2 N–H and O–H groups in total. The molecule has 142 valence electrons. The van der Waals surface area contributed by atoms with Crippen LogP contribution in [0.15, 0.2) is 24.3 Å². The Morgan fingerprint density at radius 1 is 1.15 bits per heavy atom. The minimum Gasteiger partial charge on any atom is -0.493 e. The van der Waals surface area contributed by atoms with Gasteiger partial charge in [-0.15, -0.1) is 0 Å². The number of benzene rings is 1. The Morgan fingerprint density at radius 2 is 1.85 bits per heavy atom. The van der Waals surface area contributed by atoms with Gasteiger partial charge in [-0.2, -0.15) is 0 Å². The van der Waals surface area contributed by atoms with Gasteiger partial charge in [0.15, 0.2) is 0 Å². The van der Waals surface area contributed by atoms with E-state index in [9.17, 15) is 9.59 Å². The summed E-state index contributed by atoms with van der Waals surface area (Å²) in [4.78, 5) is 29.0. The Hall–Kier alpha value is -2.12. The summed E-state index contributed by atoms with van der Waals surface area (Å²) in [5, 5.41) is 0. The Labute approximate surface area is 154 Å². The molecular weight excluding hydrogens is 334 g/mol. The van der Waals surface area contributed by atoms with Gasteiger partial charge in [-0.25, -0.2) is 0 Å². The van der Waals surface area contributed by atoms with Crippen LogP contribution in [0.3, 0.4) is 0 Å². The molecule has 26 heavy (non-hydrogen) atoms. The number of carbonyl (C=O) groups is 2. The Bertz CT molecular complexity index is 643. The number of rotatable bonds is 5. The molecule has 2 fully saturated rings. The fraction of sp³-hybridized carbons (Fsp3) is 0.579. The predicted molar refractivity (Wildman–Crippen MR) is 97.0 cm³/mol. The van der Waals surface area contributed by atoms with E-state index in [4.69, 9.17) is 15.2 Å². The summed E-state index contributed by atoms with van der Waals surface area (Å²) >= 11 is 0. The largest absolute Gasteiger partial charge is 0.493 e. The zero-order valence-electron chi connectivity index (χ0n) is 15.2. The van der Waals surface area contributed by atoms with Crippen molar-refractivity contribution in [3.8, 4) is 5.75 Å². The van der Waals surface area contributed by atoms with Gasteiger partial charge in [0.25, 0.3) is 11.8 Å². The number of ether oxygens (including phenoxy) is 2. The standard InChI is InChI=1S/C19H27N3O4/c1-2-25-16-6-4-3-5-15(16)18(23)21-9-11-22(12-10-21)19(24)17-8-7-14(13-20)26-17/h3-6,14,17H,2,7-13,20H2,1H3/t14-,17+/m1/s1. The van der Waals surface area contributed by atoms with Crippen LogP contribution in [0.2, 0.25) is 0 Å². The molecule has 2 saturated heterocycles. The molecule has 2 aliphatic rings. The highest BCUT2D eigenvalue weighted by molar-refractivity contribution is 5.97. The molecule has 0 radical (unpaired) electrons. The number of hydrogen-bond acceptors (Lipinski definition) is 5. The Kier molecular flexibility index (Phi) is 6.11. The van der Waals surface area contributed by atoms with E-state index in [1.165, 1.54) is 0 Å². The molecule has 2 amide bonds. The van der Waals surface area contributed by atoms with Gasteiger partial charge in [0.05, 0.1) is 18.3 Å². The van der Waals surface area contributed by atoms with Crippen molar-refractivity contribution in [2.24, 2.45) is 5.73 Å². The fourth-order valence-electron chi connectivity index (χ4n) is 3.49. The first-order chi connectivity index (χ1) is 12.6. The third-order valence-corrected chi connectivity index (χ3v) is 4.94. The summed E-state index contributed by atoms with van der Waals surface area (Å²) in [5.41, 5.74) is 6.18. The average Bonchev–Trinajstić information content (AvgIpc) is 3.17. The van der Waals surface area contributed by atoms with Crippen molar-refractivity contribution in [3.63, 3.8) is 0 Å². The molecule has 1 aromatic rings. The van der Waals surface area contributed by atoms with Crippen molar-refractivity contribution in [2.45, 2.75) is 32.0 Å². The number of para-hydroxylation sites is 1. The zero-order chi connectivity index (χ0) is 18.5. The second-order valence-electron chi connectivity index (χ2n) is 6.61. The predicted octanol–water partition coefficient (Wildman–Crippen LogP) is 0.876. The second kappa shape index (κ2) is 8.51. The highest BCUT2D eigenvalue weighted by Gasteiger charge is 2.35. The molecule has 3 rings (SSSR count). The van der Waals surface area contributed by atoms with E-state index < -0.39 is 0 Å². The molecule has 0 bridgehead atoms. The van der Waals surface area contributed by atoms with Gasteiger partial charge >= 0.3 is 0 Å². The smallest absolute Gasteiger partial charge is 0.257 e. The molecule has 2 atom stereocenters. The van der Waals surface area contributed by atoms with E-state index in [2.05, 4.69) is 0 Å². The van der Waals surface area contributed by atoms with Crippen LogP contribution in [0.1, 0.15) is 30.1 Å². The molecule has 0 unspecified atom stereocenters. The van der Waals surface area contributed by atoms with E-state index in [1.807, 2.05) is 25.1 Å². The molecule has 0 aliphatic carbocycles. The minimum absolute atomic E-state index is 0.0121. The normalized spacial score (nSPS) is 23.2. The quantitative estimate of drug-likeness (QED) is 0.841. The van der Waals surface area contributed by atoms with Crippen molar-refractivity contribution < 1.29 is 19.1 Å². The molecule has 0 spiro atoms. The topological polar surface area (TPSA) is 85.1 Å². The maximum Gasteiger partial charge on any atom is 0.257 e.